The maximum Gasteiger partial charge on any atom is 0.253 e. The lowest BCUT2D eigenvalue weighted by Gasteiger charge is -2.32. The number of rotatable bonds is 4. The van der Waals surface area contributed by atoms with Crippen molar-refractivity contribution < 1.29 is 4.79 Å². The van der Waals surface area contributed by atoms with Crippen LogP contribution in [0.2, 0.25) is 0 Å². The summed E-state index contributed by atoms with van der Waals surface area (Å²) in [4.78, 5) is 24.5. The first-order valence-electron chi connectivity index (χ1n) is 13.6. The van der Waals surface area contributed by atoms with Gasteiger partial charge in [-0.15, -0.1) is 0 Å². The van der Waals surface area contributed by atoms with Crippen molar-refractivity contribution in [3.05, 3.63) is 88.6 Å². The Bertz CT molecular complexity index is 1450. The zero-order valence-electron chi connectivity index (χ0n) is 21.8. The predicted octanol–water partition coefficient (Wildman–Crippen LogP) is 6.51. The van der Waals surface area contributed by atoms with Gasteiger partial charge in [-0.1, -0.05) is 42.0 Å². The van der Waals surface area contributed by atoms with Gasteiger partial charge in [0.05, 0.1) is 11.2 Å². The number of aryl methyl sites for hydroxylation is 3. The molecule has 0 spiro atoms. The normalized spacial score (nSPS) is 16.0. The molecule has 3 aromatic carbocycles. The summed E-state index contributed by atoms with van der Waals surface area (Å²) in [6.45, 7) is 5.59. The van der Waals surface area contributed by atoms with Crippen molar-refractivity contribution in [3.63, 3.8) is 0 Å². The molecule has 1 amide bonds. The fourth-order valence-corrected chi connectivity index (χ4v) is 5.85. The van der Waals surface area contributed by atoms with E-state index in [1.54, 1.807) is 0 Å². The van der Waals surface area contributed by atoms with Crippen LogP contribution in [-0.4, -0.2) is 39.9 Å². The molecule has 0 bridgehead atoms. The summed E-state index contributed by atoms with van der Waals surface area (Å²) in [5.41, 5.74) is 9.51. The van der Waals surface area contributed by atoms with Crippen LogP contribution in [0, 0.1) is 13.8 Å². The number of hydrogen-bond acceptors (Lipinski definition) is 4. The number of likely N-dealkylation sites (tertiary alicyclic amines) is 1. The highest BCUT2D eigenvalue weighted by molar-refractivity contribution is 5.94. The number of benzene rings is 3. The Balaban J connectivity index is 1.16. The number of nitrogens with zero attached hydrogens (tertiary/aromatic N) is 3. The SMILES string of the molecule is Cc1ccc(C(=O)N2CCC(Nc3nc(C)c4cc(-c5cccc6c5CCCC6)ccc4n3)CC2)cc1. The number of fused-ring (bicyclic) bond motifs is 2. The van der Waals surface area contributed by atoms with Crippen molar-refractivity contribution in [2.75, 3.05) is 18.4 Å². The van der Waals surface area contributed by atoms with Gasteiger partial charge >= 0.3 is 0 Å². The van der Waals surface area contributed by atoms with Crippen molar-refractivity contribution in [1.29, 1.82) is 0 Å². The van der Waals surface area contributed by atoms with E-state index in [0.717, 1.165) is 54.5 Å². The quantitative estimate of drug-likeness (QED) is 0.354. The highest BCUT2D eigenvalue weighted by Crippen LogP contribution is 2.33. The average Bonchev–Trinajstić information content (AvgIpc) is 2.93. The molecule has 1 aliphatic carbocycles. The Morgan fingerprint density at radius 2 is 1.70 bits per heavy atom. The molecule has 188 valence electrons. The van der Waals surface area contributed by atoms with Gasteiger partial charge in [-0.2, -0.15) is 0 Å². The van der Waals surface area contributed by atoms with Gasteiger partial charge in [-0.3, -0.25) is 4.79 Å². The summed E-state index contributed by atoms with van der Waals surface area (Å²) < 4.78 is 0. The summed E-state index contributed by atoms with van der Waals surface area (Å²) in [5.74, 6) is 0.796. The van der Waals surface area contributed by atoms with E-state index < -0.39 is 0 Å². The summed E-state index contributed by atoms with van der Waals surface area (Å²) in [7, 11) is 0. The zero-order valence-corrected chi connectivity index (χ0v) is 21.8. The largest absolute Gasteiger partial charge is 0.351 e. The molecule has 0 unspecified atom stereocenters. The third-order valence-corrected chi connectivity index (χ3v) is 8.01. The molecule has 1 aromatic heterocycles. The predicted molar refractivity (Wildman–Crippen MR) is 150 cm³/mol. The number of piperidine rings is 1. The van der Waals surface area contributed by atoms with Gasteiger partial charge in [0.15, 0.2) is 0 Å². The van der Waals surface area contributed by atoms with E-state index in [1.807, 2.05) is 36.1 Å². The first-order valence-corrected chi connectivity index (χ1v) is 13.6. The third kappa shape index (κ3) is 4.83. The lowest BCUT2D eigenvalue weighted by Crippen LogP contribution is -2.42. The standard InChI is InChI=1S/C32H34N4O/c1-21-10-12-24(13-11-21)31(37)36-18-16-26(17-19-36)34-32-33-22(2)29-20-25(14-15-30(29)35-32)28-9-5-7-23-6-3-4-8-27(23)28/h5,7,9-15,20,26H,3-4,6,8,16-19H2,1-2H3,(H,33,34,35). The van der Waals surface area contributed by atoms with Gasteiger partial charge < -0.3 is 10.2 Å². The van der Waals surface area contributed by atoms with Crippen LogP contribution >= 0.6 is 0 Å². The van der Waals surface area contributed by atoms with Crippen LogP contribution in [0.4, 0.5) is 5.95 Å². The van der Waals surface area contributed by atoms with Gasteiger partial charge in [0.2, 0.25) is 5.95 Å². The van der Waals surface area contributed by atoms with Crippen LogP contribution in [0.5, 0.6) is 0 Å². The number of amides is 1. The zero-order chi connectivity index (χ0) is 25.4. The van der Waals surface area contributed by atoms with Crippen molar-refractivity contribution in [3.8, 4) is 11.1 Å². The van der Waals surface area contributed by atoms with Gasteiger partial charge in [0.25, 0.3) is 5.91 Å². The first kappa shape index (κ1) is 23.7. The Labute approximate surface area is 219 Å². The molecule has 4 aromatic rings. The topological polar surface area (TPSA) is 58.1 Å². The second-order valence-corrected chi connectivity index (χ2v) is 10.6. The Morgan fingerprint density at radius 3 is 2.51 bits per heavy atom. The lowest BCUT2D eigenvalue weighted by atomic mass is 9.86. The number of anilines is 1. The molecule has 1 saturated heterocycles. The monoisotopic (exact) mass is 490 g/mol. The summed E-state index contributed by atoms with van der Waals surface area (Å²) >= 11 is 0. The maximum absolute atomic E-state index is 12.9. The van der Waals surface area contributed by atoms with E-state index in [-0.39, 0.29) is 11.9 Å². The Hall–Kier alpha value is -3.73. The molecule has 6 rings (SSSR count). The van der Waals surface area contributed by atoms with Crippen molar-refractivity contribution >= 4 is 22.8 Å². The fraction of sp³-hybridized carbons (Fsp3) is 0.344. The van der Waals surface area contributed by atoms with E-state index in [2.05, 4.69) is 48.6 Å². The van der Waals surface area contributed by atoms with Crippen LogP contribution in [0.15, 0.2) is 60.7 Å². The van der Waals surface area contributed by atoms with E-state index in [9.17, 15) is 4.79 Å². The van der Waals surface area contributed by atoms with Crippen molar-refractivity contribution in [2.24, 2.45) is 0 Å². The number of aromatic nitrogens is 2. The number of carbonyl (C=O) groups is 1. The molecule has 1 fully saturated rings. The molecule has 2 aliphatic rings. The minimum absolute atomic E-state index is 0.117. The van der Waals surface area contributed by atoms with Crippen LogP contribution in [0.3, 0.4) is 0 Å². The maximum atomic E-state index is 12.9. The Morgan fingerprint density at radius 1 is 0.919 bits per heavy atom. The minimum Gasteiger partial charge on any atom is -0.351 e. The van der Waals surface area contributed by atoms with Gasteiger partial charge in [0.1, 0.15) is 0 Å². The summed E-state index contributed by atoms with van der Waals surface area (Å²) in [6.07, 6.45) is 6.68. The van der Waals surface area contributed by atoms with Crippen LogP contribution in [0.25, 0.3) is 22.0 Å². The van der Waals surface area contributed by atoms with Gasteiger partial charge in [-0.05, 0) is 98.9 Å². The van der Waals surface area contributed by atoms with Crippen LogP contribution in [-0.2, 0) is 12.8 Å². The molecular formula is C32H34N4O. The molecule has 0 saturated carbocycles. The minimum atomic E-state index is 0.117. The second kappa shape index (κ2) is 9.97. The molecule has 1 aliphatic heterocycles. The molecule has 1 N–H and O–H groups in total. The highest BCUT2D eigenvalue weighted by atomic mass is 16.2. The smallest absolute Gasteiger partial charge is 0.253 e. The molecule has 0 radical (unpaired) electrons. The number of carbonyl (C=O) groups excluding carboxylic acids is 1. The van der Waals surface area contributed by atoms with E-state index in [4.69, 9.17) is 9.97 Å². The molecular weight excluding hydrogens is 456 g/mol. The fourth-order valence-electron chi connectivity index (χ4n) is 5.85. The van der Waals surface area contributed by atoms with E-state index in [1.165, 1.54) is 47.1 Å². The van der Waals surface area contributed by atoms with Crippen molar-refractivity contribution in [1.82, 2.24) is 14.9 Å². The second-order valence-electron chi connectivity index (χ2n) is 10.6. The lowest BCUT2D eigenvalue weighted by molar-refractivity contribution is 0.0718. The number of hydrogen-bond donors (Lipinski definition) is 1. The molecule has 0 atom stereocenters. The summed E-state index contributed by atoms with van der Waals surface area (Å²) in [5, 5.41) is 4.65. The Kier molecular flexibility index (Phi) is 6.37. The molecule has 37 heavy (non-hydrogen) atoms. The van der Waals surface area contributed by atoms with Gasteiger partial charge in [0, 0.05) is 30.1 Å². The van der Waals surface area contributed by atoms with Crippen LogP contribution < -0.4 is 5.32 Å². The summed E-state index contributed by atoms with van der Waals surface area (Å²) in [6, 6.07) is 21.4. The average molecular weight is 491 g/mol. The number of nitrogens with one attached hydrogen (secondary N) is 1. The van der Waals surface area contributed by atoms with Crippen LogP contribution in [0.1, 0.15) is 58.4 Å². The van der Waals surface area contributed by atoms with E-state index >= 15 is 0 Å². The highest BCUT2D eigenvalue weighted by Gasteiger charge is 2.24. The molecule has 5 heteroatoms. The van der Waals surface area contributed by atoms with Crippen molar-refractivity contribution in [2.45, 2.75) is 58.4 Å². The van der Waals surface area contributed by atoms with Gasteiger partial charge in [-0.25, -0.2) is 9.97 Å². The molecule has 5 nitrogen and oxygen atoms in total. The van der Waals surface area contributed by atoms with E-state index in [0.29, 0.717) is 5.95 Å². The molecule has 2 heterocycles. The first-order chi connectivity index (χ1) is 18.0. The third-order valence-electron chi connectivity index (χ3n) is 8.01.